The Kier molecular flexibility index (Phi) is 3.03. The van der Waals surface area contributed by atoms with E-state index in [4.69, 9.17) is 9.57 Å². The van der Waals surface area contributed by atoms with Gasteiger partial charge in [-0.15, -0.1) is 0 Å². The fourth-order valence-corrected chi connectivity index (χ4v) is 4.08. The van der Waals surface area contributed by atoms with Crippen LogP contribution in [0.3, 0.4) is 0 Å². The molecule has 0 saturated heterocycles. The number of halogens is 1. The van der Waals surface area contributed by atoms with Crippen molar-refractivity contribution < 1.29 is 9.57 Å². The summed E-state index contributed by atoms with van der Waals surface area (Å²) >= 11 is 3.61. The first-order valence-corrected chi connectivity index (χ1v) is 6.86. The number of ether oxygens (including phenoxy) is 1. The van der Waals surface area contributed by atoms with Gasteiger partial charge < -0.3 is 9.57 Å². The molecule has 0 bridgehead atoms. The smallest absolute Gasteiger partial charge is 0.204 e. The zero-order valence-electron chi connectivity index (χ0n) is 9.88. The fraction of sp³-hybridized carbons (Fsp3) is 0.750. The molecule has 2 atom stereocenters. The Bertz CT molecular complexity index is 342. The zero-order chi connectivity index (χ0) is 11.8. The van der Waals surface area contributed by atoms with Gasteiger partial charge in [0.05, 0.1) is 17.7 Å². The molecule has 2 rings (SSSR count). The van der Waals surface area contributed by atoms with Gasteiger partial charge in [-0.3, -0.25) is 0 Å². The number of fused-ring (bicyclic) bond motifs is 1. The summed E-state index contributed by atoms with van der Waals surface area (Å²) < 4.78 is 5.59. The van der Waals surface area contributed by atoms with Gasteiger partial charge in [-0.2, -0.15) is 0 Å². The van der Waals surface area contributed by atoms with Crippen molar-refractivity contribution in [1.82, 2.24) is 0 Å². The standard InChI is InChI=1S/C12H18BrNO2/c1-4-15-10(3)12-7-5-6-11(12,8-13)9(2)14-16-12/h3-8H2,1-2H3. The van der Waals surface area contributed by atoms with Crippen LogP contribution in [0.15, 0.2) is 17.5 Å². The van der Waals surface area contributed by atoms with Crippen molar-refractivity contribution in [2.24, 2.45) is 10.6 Å². The average molecular weight is 288 g/mol. The second-order valence-corrected chi connectivity index (χ2v) is 5.08. The van der Waals surface area contributed by atoms with Gasteiger partial charge in [0.25, 0.3) is 0 Å². The van der Waals surface area contributed by atoms with Crippen molar-refractivity contribution in [3.05, 3.63) is 12.3 Å². The Balaban J connectivity index is 2.37. The first-order chi connectivity index (χ1) is 7.63. The summed E-state index contributed by atoms with van der Waals surface area (Å²) in [6.07, 6.45) is 3.16. The van der Waals surface area contributed by atoms with E-state index in [1.807, 2.05) is 13.8 Å². The molecule has 1 aliphatic heterocycles. The highest BCUT2D eigenvalue weighted by atomic mass is 79.9. The minimum atomic E-state index is -0.434. The summed E-state index contributed by atoms with van der Waals surface area (Å²) in [5.74, 6) is 0.729. The van der Waals surface area contributed by atoms with Gasteiger partial charge in [-0.1, -0.05) is 27.7 Å². The molecular formula is C12H18BrNO2. The monoisotopic (exact) mass is 287 g/mol. The quantitative estimate of drug-likeness (QED) is 0.587. The molecule has 1 fully saturated rings. The third-order valence-corrected chi connectivity index (χ3v) is 4.89. The van der Waals surface area contributed by atoms with Crippen molar-refractivity contribution >= 4 is 21.6 Å². The molecule has 0 amide bonds. The van der Waals surface area contributed by atoms with Crippen LogP contribution >= 0.6 is 15.9 Å². The Morgan fingerprint density at radius 2 is 2.38 bits per heavy atom. The largest absolute Gasteiger partial charge is 0.494 e. The molecule has 0 aromatic carbocycles. The lowest BCUT2D eigenvalue weighted by atomic mass is 9.72. The number of hydrogen-bond donors (Lipinski definition) is 0. The molecule has 3 nitrogen and oxygen atoms in total. The van der Waals surface area contributed by atoms with Crippen LogP contribution in [0.1, 0.15) is 33.1 Å². The molecule has 0 spiro atoms. The molecule has 1 saturated carbocycles. The second kappa shape index (κ2) is 4.06. The molecular weight excluding hydrogens is 270 g/mol. The Hall–Kier alpha value is -0.510. The summed E-state index contributed by atoms with van der Waals surface area (Å²) in [6.45, 7) is 8.68. The van der Waals surface area contributed by atoms with E-state index < -0.39 is 5.60 Å². The first-order valence-electron chi connectivity index (χ1n) is 5.74. The molecule has 0 aromatic heterocycles. The third-order valence-electron chi connectivity index (χ3n) is 3.93. The molecule has 4 heteroatoms. The highest BCUT2D eigenvalue weighted by molar-refractivity contribution is 9.09. The van der Waals surface area contributed by atoms with Crippen LogP contribution in [0, 0.1) is 5.41 Å². The van der Waals surface area contributed by atoms with E-state index in [2.05, 4.69) is 27.7 Å². The number of nitrogens with zero attached hydrogens (tertiary/aromatic N) is 1. The molecule has 90 valence electrons. The van der Waals surface area contributed by atoms with Crippen LogP contribution in [-0.2, 0) is 9.57 Å². The van der Waals surface area contributed by atoms with Crippen LogP contribution in [0.5, 0.6) is 0 Å². The average Bonchev–Trinajstić information content (AvgIpc) is 2.77. The van der Waals surface area contributed by atoms with Crippen LogP contribution in [-0.4, -0.2) is 23.2 Å². The van der Waals surface area contributed by atoms with Crippen LogP contribution in [0.25, 0.3) is 0 Å². The van der Waals surface area contributed by atoms with Crippen LogP contribution in [0.2, 0.25) is 0 Å². The molecule has 1 aliphatic carbocycles. The lowest BCUT2D eigenvalue weighted by molar-refractivity contribution is -0.0658. The highest BCUT2D eigenvalue weighted by Crippen LogP contribution is 2.57. The lowest BCUT2D eigenvalue weighted by Crippen LogP contribution is -2.48. The Labute approximate surface area is 105 Å². The van der Waals surface area contributed by atoms with Crippen LogP contribution in [0.4, 0.5) is 0 Å². The maximum Gasteiger partial charge on any atom is 0.204 e. The molecule has 2 unspecified atom stereocenters. The van der Waals surface area contributed by atoms with Gasteiger partial charge in [0.2, 0.25) is 5.60 Å². The third kappa shape index (κ3) is 1.28. The topological polar surface area (TPSA) is 30.8 Å². The van der Waals surface area contributed by atoms with Gasteiger partial charge in [0.15, 0.2) is 0 Å². The van der Waals surface area contributed by atoms with E-state index in [0.29, 0.717) is 6.61 Å². The molecule has 16 heavy (non-hydrogen) atoms. The molecule has 1 heterocycles. The Morgan fingerprint density at radius 1 is 1.62 bits per heavy atom. The van der Waals surface area contributed by atoms with E-state index in [9.17, 15) is 0 Å². The summed E-state index contributed by atoms with van der Waals surface area (Å²) in [4.78, 5) is 5.72. The minimum absolute atomic E-state index is 0.0563. The molecule has 0 aromatic rings. The molecule has 0 N–H and O–H groups in total. The van der Waals surface area contributed by atoms with Gasteiger partial charge in [-0.05, 0) is 33.1 Å². The second-order valence-electron chi connectivity index (χ2n) is 4.52. The van der Waals surface area contributed by atoms with Gasteiger partial charge >= 0.3 is 0 Å². The summed E-state index contributed by atoms with van der Waals surface area (Å²) in [6, 6.07) is 0. The maximum absolute atomic E-state index is 5.72. The normalized spacial score (nSPS) is 36.6. The van der Waals surface area contributed by atoms with Crippen molar-refractivity contribution in [2.75, 3.05) is 11.9 Å². The lowest BCUT2D eigenvalue weighted by Gasteiger charge is -2.37. The van der Waals surface area contributed by atoms with E-state index >= 15 is 0 Å². The predicted octanol–water partition coefficient (Wildman–Crippen LogP) is 3.25. The van der Waals surface area contributed by atoms with E-state index in [1.165, 1.54) is 0 Å². The summed E-state index contributed by atoms with van der Waals surface area (Å²) in [5, 5.41) is 5.03. The van der Waals surface area contributed by atoms with Gasteiger partial charge in [0.1, 0.15) is 5.76 Å². The van der Waals surface area contributed by atoms with Crippen molar-refractivity contribution in [3.8, 4) is 0 Å². The van der Waals surface area contributed by atoms with E-state index in [-0.39, 0.29) is 5.41 Å². The van der Waals surface area contributed by atoms with Crippen molar-refractivity contribution in [3.63, 3.8) is 0 Å². The number of alkyl halides is 1. The molecule has 2 aliphatic rings. The van der Waals surface area contributed by atoms with Crippen molar-refractivity contribution in [2.45, 2.75) is 38.7 Å². The minimum Gasteiger partial charge on any atom is -0.494 e. The van der Waals surface area contributed by atoms with Crippen LogP contribution < -0.4 is 0 Å². The SMILES string of the molecule is C=C(OCC)C12CCCC1(CBr)C(C)=NO2. The predicted molar refractivity (Wildman–Crippen MR) is 67.8 cm³/mol. The maximum atomic E-state index is 5.72. The summed E-state index contributed by atoms with van der Waals surface area (Å²) in [5.41, 5.74) is 0.568. The van der Waals surface area contributed by atoms with E-state index in [0.717, 1.165) is 36.1 Å². The highest BCUT2D eigenvalue weighted by Gasteiger charge is 2.64. The van der Waals surface area contributed by atoms with Gasteiger partial charge in [0, 0.05) is 5.33 Å². The van der Waals surface area contributed by atoms with E-state index in [1.54, 1.807) is 0 Å². The van der Waals surface area contributed by atoms with Crippen molar-refractivity contribution in [1.29, 1.82) is 0 Å². The number of hydrogen-bond acceptors (Lipinski definition) is 3. The molecule has 0 radical (unpaired) electrons. The number of oxime groups is 1. The number of rotatable bonds is 4. The summed E-state index contributed by atoms with van der Waals surface area (Å²) in [7, 11) is 0. The van der Waals surface area contributed by atoms with Gasteiger partial charge in [-0.25, -0.2) is 0 Å². The first kappa shape index (κ1) is 12.0. The zero-order valence-corrected chi connectivity index (χ0v) is 11.5. The Morgan fingerprint density at radius 3 is 3.00 bits per heavy atom. The fourth-order valence-electron chi connectivity index (χ4n) is 2.94.